The Labute approximate surface area is 166 Å². The van der Waals surface area contributed by atoms with Crippen molar-refractivity contribution in [2.45, 2.75) is 38.5 Å². The molecule has 1 aromatic carbocycles. The summed E-state index contributed by atoms with van der Waals surface area (Å²) in [4.78, 5) is 19.3. The molecule has 148 valence electrons. The largest absolute Gasteiger partial charge is 0.481 e. The first-order valence-electron chi connectivity index (χ1n) is 10.1. The fourth-order valence-electron chi connectivity index (χ4n) is 4.38. The van der Waals surface area contributed by atoms with Crippen molar-refractivity contribution >= 4 is 11.6 Å². The van der Waals surface area contributed by atoms with Gasteiger partial charge in [0, 0.05) is 49.0 Å². The Balaban J connectivity index is 1.79. The molecule has 2 aliphatic rings. The van der Waals surface area contributed by atoms with Crippen LogP contribution < -0.4 is 9.64 Å². The first kappa shape index (κ1) is 18.9. The maximum absolute atomic E-state index is 13.1. The third-order valence-corrected chi connectivity index (χ3v) is 6.35. The molecule has 0 saturated carbocycles. The summed E-state index contributed by atoms with van der Waals surface area (Å²) in [5.74, 6) is 0.866. The van der Waals surface area contributed by atoms with E-state index < -0.39 is 0 Å². The van der Waals surface area contributed by atoms with Gasteiger partial charge in [0.25, 0.3) is 0 Å². The van der Waals surface area contributed by atoms with Gasteiger partial charge in [-0.3, -0.25) is 4.79 Å². The predicted octanol–water partition coefficient (Wildman–Crippen LogP) is 4.20. The Kier molecular flexibility index (Phi) is 5.11. The molecule has 1 aromatic heterocycles. The number of rotatable bonds is 4. The van der Waals surface area contributed by atoms with Gasteiger partial charge < -0.3 is 14.4 Å². The molecule has 28 heavy (non-hydrogen) atoms. The highest BCUT2D eigenvalue weighted by molar-refractivity contribution is 5.98. The Morgan fingerprint density at radius 2 is 2.00 bits per heavy atom. The Hall–Kier alpha value is -2.40. The zero-order valence-corrected chi connectivity index (χ0v) is 16.9. The molecule has 5 heteroatoms. The van der Waals surface area contributed by atoms with E-state index in [2.05, 4.69) is 30.1 Å². The van der Waals surface area contributed by atoms with Crippen LogP contribution in [0.25, 0.3) is 11.1 Å². The highest BCUT2D eigenvalue weighted by Gasteiger charge is 2.46. The van der Waals surface area contributed by atoms with Crippen LogP contribution in [0.5, 0.6) is 5.88 Å². The number of ether oxygens (including phenoxy) is 2. The van der Waals surface area contributed by atoms with Crippen LogP contribution in [0, 0.1) is 5.92 Å². The highest BCUT2D eigenvalue weighted by atomic mass is 16.5. The second-order valence-corrected chi connectivity index (χ2v) is 7.95. The lowest BCUT2D eigenvalue weighted by Gasteiger charge is -2.34. The van der Waals surface area contributed by atoms with Crippen molar-refractivity contribution in [1.29, 1.82) is 0 Å². The summed E-state index contributed by atoms with van der Waals surface area (Å²) < 4.78 is 10.9. The summed E-state index contributed by atoms with van der Waals surface area (Å²) in [6.07, 6.45) is 4.53. The van der Waals surface area contributed by atoms with E-state index in [9.17, 15) is 4.79 Å². The second kappa shape index (κ2) is 7.55. The van der Waals surface area contributed by atoms with Gasteiger partial charge in [-0.1, -0.05) is 19.9 Å². The number of aromatic nitrogens is 1. The van der Waals surface area contributed by atoms with Gasteiger partial charge in [-0.2, -0.15) is 0 Å². The van der Waals surface area contributed by atoms with Gasteiger partial charge in [0.15, 0.2) is 0 Å². The molecule has 1 unspecified atom stereocenters. The number of carbonyl (C=O) groups excluding carboxylic acids is 1. The zero-order valence-electron chi connectivity index (χ0n) is 16.9. The van der Waals surface area contributed by atoms with E-state index >= 15 is 0 Å². The number of methoxy groups -OCH3 is 1. The SMILES string of the molecule is CCC(C)C(=O)N1CC2(CCOCC2)c2cc(-c3ccnc(OC)c3)ccc21. The standard InChI is InChI=1S/C23H28N2O3/c1-4-16(2)22(26)25-15-23(8-11-28-12-9-23)19-13-17(5-6-20(19)25)18-7-10-24-21(14-18)27-3/h5-7,10,13-14,16H,4,8-9,11-12,15H2,1-3H3. The van der Waals surface area contributed by atoms with E-state index in [-0.39, 0.29) is 17.2 Å². The number of pyridine rings is 1. The molecule has 1 amide bonds. The van der Waals surface area contributed by atoms with Crippen molar-refractivity contribution in [3.63, 3.8) is 0 Å². The van der Waals surface area contributed by atoms with Crippen LogP contribution >= 0.6 is 0 Å². The van der Waals surface area contributed by atoms with Crippen molar-refractivity contribution in [3.8, 4) is 17.0 Å². The smallest absolute Gasteiger partial charge is 0.229 e. The molecule has 0 bridgehead atoms. The number of carbonyl (C=O) groups is 1. The molecule has 2 aliphatic heterocycles. The molecular formula is C23H28N2O3. The van der Waals surface area contributed by atoms with Crippen molar-refractivity contribution in [2.24, 2.45) is 5.92 Å². The topological polar surface area (TPSA) is 51.7 Å². The number of amides is 1. The average molecular weight is 380 g/mol. The third-order valence-electron chi connectivity index (χ3n) is 6.35. The van der Waals surface area contributed by atoms with Gasteiger partial charge in [-0.15, -0.1) is 0 Å². The zero-order chi connectivity index (χ0) is 19.7. The molecule has 1 spiro atoms. The molecule has 5 nitrogen and oxygen atoms in total. The maximum Gasteiger partial charge on any atom is 0.229 e. The average Bonchev–Trinajstić information content (AvgIpc) is 3.06. The lowest BCUT2D eigenvalue weighted by molar-refractivity contribution is -0.122. The van der Waals surface area contributed by atoms with E-state index in [0.717, 1.165) is 55.8 Å². The fourth-order valence-corrected chi connectivity index (χ4v) is 4.38. The number of hydrogen-bond donors (Lipinski definition) is 0. The van der Waals surface area contributed by atoms with Crippen LogP contribution in [-0.4, -0.2) is 37.8 Å². The lowest BCUT2D eigenvalue weighted by Crippen LogP contribution is -2.42. The first-order valence-corrected chi connectivity index (χ1v) is 10.1. The summed E-state index contributed by atoms with van der Waals surface area (Å²) in [5, 5.41) is 0. The number of benzene rings is 1. The van der Waals surface area contributed by atoms with E-state index in [1.165, 1.54) is 5.56 Å². The molecule has 0 aliphatic carbocycles. The van der Waals surface area contributed by atoms with Crippen molar-refractivity contribution in [2.75, 3.05) is 31.8 Å². The fraction of sp³-hybridized carbons (Fsp3) is 0.478. The van der Waals surface area contributed by atoms with Crippen LogP contribution in [0.3, 0.4) is 0 Å². The maximum atomic E-state index is 13.1. The van der Waals surface area contributed by atoms with Gasteiger partial charge in [0.1, 0.15) is 0 Å². The summed E-state index contributed by atoms with van der Waals surface area (Å²) in [5.41, 5.74) is 4.54. The van der Waals surface area contributed by atoms with Crippen molar-refractivity contribution < 1.29 is 14.3 Å². The van der Waals surface area contributed by atoms with Gasteiger partial charge in [-0.05, 0) is 54.2 Å². The normalized spacial score (nSPS) is 18.8. The summed E-state index contributed by atoms with van der Waals surface area (Å²) in [6.45, 7) is 6.35. The Morgan fingerprint density at radius 3 is 2.71 bits per heavy atom. The minimum Gasteiger partial charge on any atom is -0.481 e. The van der Waals surface area contributed by atoms with E-state index in [0.29, 0.717) is 5.88 Å². The number of hydrogen-bond acceptors (Lipinski definition) is 4. The van der Waals surface area contributed by atoms with Crippen LogP contribution in [-0.2, 0) is 14.9 Å². The van der Waals surface area contributed by atoms with Gasteiger partial charge in [0.2, 0.25) is 11.8 Å². The Morgan fingerprint density at radius 1 is 1.25 bits per heavy atom. The quantitative estimate of drug-likeness (QED) is 0.798. The molecule has 4 rings (SSSR count). The predicted molar refractivity (Wildman–Crippen MR) is 110 cm³/mol. The van der Waals surface area contributed by atoms with Crippen LogP contribution in [0.4, 0.5) is 5.69 Å². The summed E-state index contributed by atoms with van der Waals surface area (Å²) >= 11 is 0. The molecule has 1 atom stereocenters. The molecule has 2 aromatic rings. The minimum absolute atomic E-state index is 0.0101. The molecule has 1 saturated heterocycles. The summed E-state index contributed by atoms with van der Waals surface area (Å²) in [6, 6.07) is 10.4. The van der Waals surface area contributed by atoms with Crippen molar-refractivity contribution in [3.05, 3.63) is 42.1 Å². The lowest BCUT2D eigenvalue weighted by atomic mass is 9.75. The second-order valence-electron chi connectivity index (χ2n) is 7.95. The number of anilines is 1. The Bertz CT molecular complexity index is 874. The molecular weight excluding hydrogens is 352 g/mol. The van der Waals surface area contributed by atoms with E-state index in [1.807, 2.05) is 24.0 Å². The number of nitrogens with zero attached hydrogens (tertiary/aromatic N) is 2. The number of fused-ring (bicyclic) bond motifs is 2. The minimum atomic E-state index is -0.0101. The molecule has 0 N–H and O–H groups in total. The van der Waals surface area contributed by atoms with Crippen LogP contribution in [0.1, 0.15) is 38.7 Å². The molecule has 3 heterocycles. The van der Waals surface area contributed by atoms with Gasteiger partial charge in [0.05, 0.1) is 7.11 Å². The van der Waals surface area contributed by atoms with Gasteiger partial charge in [-0.25, -0.2) is 4.98 Å². The van der Waals surface area contributed by atoms with Crippen LogP contribution in [0.15, 0.2) is 36.5 Å². The first-order chi connectivity index (χ1) is 13.6. The monoisotopic (exact) mass is 380 g/mol. The van der Waals surface area contributed by atoms with Crippen molar-refractivity contribution in [1.82, 2.24) is 4.98 Å². The van der Waals surface area contributed by atoms with Gasteiger partial charge >= 0.3 is 0 Å². The van der Waals surface area contributed by atoms with Crippen LogP contribution in [0.2, 0.25) is 0 Å². The summed E-state index contributed by atoms with van der Waals surface area (Å²) in [7, 11) is 1.63. The highest BCUT2D eigenvalue weighted by Crippen LogP contribution is 2.48. The third kappa shape index (κ3) is 3.18. The molecule has 1 fully saturated rings. The molecule has 0 radical (unpaired) electrons. The van der Waals surface area contributed by atoms with E-state index in [1.54, 1.807) is 13.3 Å². The van der Waals surface area contributed by atoms with E-state index in [4.69, 9.17) is 9.47 Å².